The quantitative estimate of drug-likeness (QED) is 0.396. The fourth-order valence-electron chi connectivity index (χ4n) is 3.62. The number of morpholine rings is 1. The highest BCUT2D eigenvalue weighted by Gasteiger charge is 2.26. The molecule has 1 aromatic carbocycles. The minimum Gasteiger partial charge on any atom is -0.490 e. The van der Waals surface area contributed by atoms with E-state index >= 15 is 0 Å². The normalized spacial score (nSPS) is 15.0. The smallest absolute Gasteiger partial charge is 0.350 e. The Morgan fingerprint density at radius 2 is 1.88 bits per heavy atom. The van der Waals surface area contributed by atoms with Crippen LogP contribution >= 0.6 is 11.3 Å². The lowest BCUT2D eigenvalue weighted by atomic mass is 10.1. The third-order valence-corrected chi connectivity index (χ3v) is 8.22. The Balaban J connectivity index is 1.32. The first kappa shape index (κ1) is 23.4. The van der Waals surface area contributed by atoms with E-state index in [1.54, 1.807) is 12.1 Å². The van der Waals surface area contributed by atoms with E-state index < -0.39 is 16.0 Å². The predicted octanol–water partition coefficient (Wildman–Crippen LogP) is 2.75. The van der Waals surface area contributed by atoms with Gasteiger partial charge in [0.15, 0.2) is 0 Å². The molecule has 3 aromatic rings. The van der Waals surface area contributed by atoms with Crippen LogP contribution in [0, 0.1) is 13.8 Å². The van der Waals surface area contributed by atoms with E-state index in [2.05, 4.69) is 4.98 Å². The molecule has 33 heavy (non-hydrogen) atoms. The van der Waals surface area contributed by atoms with E-state index in [1.807, 2.05) is 19.9 Å². The molecule has 0 amide bonds. The molecule has 0 spiro atoms. The zero-order valence-corrected chi connectivity index (χ0v) is 20.0. The molecule has 3 heterocycles. The van der Waals surface area contributed by atoms with Gasteiger partial charge in [-0.2, -0.15) is 4.31 Å². The standard InChI is InChI=1S/C22H25N3O6S2/c1-14-13-15(2)24-21-18(14)19(23)20(32-21)22(26)31-12-11-30-16-3-5-17(6-4-16)33(27,28)25-7-9-29-10-8-25/h3-6,13H,7-12,23H2,1-2H3. The van der Waals surface area contributed by atoms with E-state index in [1.165, 1.54) is 27.8 Å². The minimum atomic E-state index is -3.55. The second kappa shape index (κ2) is 9.64. The number of aromatic nitrogens is 1. The van der Waals surface area contributed by atoms with Gasteiger partial charge in [-0.1, -0.05) is 0 Å². The van der Waals surface area contributed by atoms with Crippen LogP contribution in [0.5, 0.6) is 5.75 Å². The molecule has 1 fully saturated rings. The van der Waals surface area contributed by atoms with Gasteiger partial charge in [0.1, 0.15) is 28.7 Å². The molecular formula is C22H25N3O6S2. The van der Waals surface area contributed by atoms with Gasteiger partial charge < -0.3 is 19.9 Å². The number of ether oxygens (including phenoxy) is 3. The summed E-state index contributed by atoms with van der Waals surface area (Å²) < 4.78 is 42.8. The molecule has 0 aliphatic carbocycles. The van der Waals surface area contributed by atoms with Crippen molar-refractivity contribution in [3.8, 4) is 5.75 Å². The van der Waals surface area contributed by atoms with Gasteiger partial charge in [0.05, 0.1) is 23.8 Å². The Hall–Kier alpha value is -2.73. The van der Waals surface area contributed by atoms with Crippen molar-refractivity contribution in [2.24, 2.45) is 0 Å². The average molecular weight is 492 g/mol. The molecule has 1 aliphatic heterocycles. The number of rotatable bonds is 7. The maximum Gasteiger partial charge on any atom is 0.350 e. The first-order valence-electron chi connectivity index (χ1n) is 10.4. The Morgan fingerprint density at radius 3 is 2.58 bits per heavy atom. The highest BCUT2D eigenvalue weighted by atomic mass is 32.2. The Kier molecular flexibility index (Phi) is 6.84. The lowest BCUT2D eigenvalue weighted by Crippen LogP contribution is -2.40. The topological polar surface area (TPSA) is 121 Å². The highest BCUT2D eigenvalue weighted by Crippen LogP contribution is 2.35. The molecule has 4 rings (SSSR count). The van der Waals surface area contributed by atoms with Crippen molar-refractivity contribution in [3.05, 3.63) is 46.5 Å². The third-order valence-electron chi connectivity index (χ3n) is 5.23. The summed E-state index contributed by atoms with van der Waals surface area (Å²) >= 11 is 1.21. The number of esters is 1. The number of nitrogens with two attached hydrogens (primary N) is 1. The summed E-state index contributed by atoms with van der Waals surface area (Å²) in [6.07, 6.45) is 0. The number of nitrogens with zero attached hydrogens (tertiary/aromatic N) is 2. The van der Waals surface area contributed by atoms with E-state index in [4.69, 9.17) is 19.9 Å². The summed E-state index contributed by atoms with van der Waals surface area (Å²) in [4.78, 5) is 18.2. The lowest BCUT2D eigenvalue weighted by molar-refractivity contribution is 0.0457. The number of aryl methyl sites for hydroxylation is 2. The highest BCUT2D eigenvalue weighted by molar-refractivity contribution is 7.89. The van der Waals surface area contributed by atoms with Gasteiger partial charge in [0.2, 0.25) is 10.0 Å². The summed E-state index contributed by atoms with van der Waals surface area (Å²) in [7, 11) is -3.55. The molecule has 11 heteroatoms. The molecule has 176 valence electrons. The van der Waals surface area contributed by atoms with Crippen LogP contribution in [-0.4, -0.2) is 63.2 Å². The molecule has 0 atom stereocenters. The zero-order valence-electron chi connectivity index (χ0n) is 18.4. The maximum absolute atomic E-state index is 12.7. The third kappa shape index (κ3) is 4.96. The molecule has 0 radical (unpaired) electrons. The van der Waals surface area contributed by atoms with Crippen LogP contribution < -0.4 is 10.5 Å². The van der Waals surface area contributed by atoms with Gasteiger partial charge in [-0.15, -0.1) is 11.3 Å². The number of hydrogen-bond acceptors (Lipinski definition) is 9. The largest absolute Gasteiger partial charge is 0.490 e. The van der Waals surface area contributed by atoms with E-state index in [0.29, 0.717) is 47.4 Å². The fourth-order valence-corrected chi connectivity index (χ4v) is 6.14. The second-order valence-corrected chi connectivity index (χ2v) is 10.5. The van der Waals surface area contributed by atoms with Crippen molar-refractivity contribution >= 4 is 43.2 Å². The average Bonchev–Trinajstić information content (AvgIpc) is 3.14. The summed E-state index contributed by atoms with van der Waals surface area (Å²) in [5.74, 6) is -0.0493. The van der Waals surface area contributed by atoms with Crippen molar-refractivity contribution in [3.63, 3.8) is 0 Å². The maximum atomic E-state index is 12.7. The van der Waals surface area contributed by atoms with Crippen LogP contribution in [-0.2, 0) is 19.5 Å². The number of anilines is 1. The molecule has 2 aromatic heterocycles. The molecule has 9 nitrogen and oxygen atoms in total. The monoisotopic (exact) mass is 491 g/mol. The summed E-state index contributed by atoms with van der Waals surface area (Å²) in [6.45, 7) is 5.41. The molecule has 2 N–H and O–H groups in total. The number of fused-ring (bicyclic) bond motifs is 1. The lowest BCUT2D eigenvalue weighted by Gasteiger charge is -2.26. The van der Waals surface area contributed by atoms with Gasteiger partial charge in [-0.25, -0.2) is 18.2 Å². The van der Waals surface area contributed by atoms with E-state index in [0.717, 1.165) is 16.6 Å². The SMILES string of the molecule is Cc1cc(C)c2c(N)c(C(=O)OCCOc3ccc(S(=O)(=O)N4CCOCC4)cc3)sc2n1. The number of carbonyl (C=O) groups is 1. The molecule has 0 unspecified atom stereocenters. The second-order valence-electron chi connectivity index (χ2n) is 7.58. The zero-order chi connectivity index (χ0) is 23.6. The van der Waals surface area contributed by atoms with Crippen LogP contribution in [0.3, 0.4) is 0 Å². The molecule has 0 saturated carbocycles. The summed E-state index contributed by atoms with van der Waals surface area (Å²) in [5.41, 5.74) is 8.37. The van der Waals surface area contributed by atoms with Crippen LogP contribution in [0.2, 0.25) is 0 Å². The molecule has 0 bridgehead atoms. The van der Waals surface area contributed by atoms with Crippen LogP contribution in [0.25, 0.3) is 10.2 Å². The number of nitrogen functional groups attached to an aromatic ring is 1. The van der Waals surface area contributed by atoms with Crippen LogP contribution in [0.4, 0.5) is 5.69 Å². The van der Waals surface area contributed by atoms with Crippen molar-refractivity contribution in [2.45, 2.75) is 18.7 Å². The van der Waals surface area contributed by atoms with Gasteiger partial charge in [0.25, 0.3) is 0 Å². The van der Waals surface area contributed by atoms with Crippen LogP contribution in [0.1, 0.15) is 20.9 Å². The number of hydrogen-bond donors (Lipinski definition) is 1. The number of pyridine rings is 1. The number of carbonyl (C=O) groups excluding carboxylic acids is 1. The molecular weight excluding hydrogens is 466 g/mol. The molecule has 1 saturated heterocycles. The Morgan fingerprint density at radius 1 is 1.18 bits per heavy atom. The fraction of sp³-hybridized carbons (Fsp3) is 0.364. The van der Waals surface area contributed by atoms with Gasteiger partial charge in [0, 0.05) is 24.2 Å². The number of sulfonamides is 1. The van der Waals surface area contributed by atoms with Gasteiger partial charge >= 0.3 is 5.97 Å². The van der Waals surface area contributed by atoms with Gasteiger partial charge in [-0.05, 0) is 49.7 Å². The summed E-state index contributed by atoms with van der Waals surface area (Å²) in [5, 5.41) is 0.779. The number of benzene rings is 1. The van der Waals surface area contributed by atoms with E-state index in [9.17, 15) is 13.2 Å². The van der Waals surface area contributed by atoms with E-state index in [-0.39, 0.29) is 18.1 Å². The number of thiophene rings is 1. The van der Waals surface area contributed by atoms with Gasteiger partial charge in [-0.3, -0.25) is 0 Å². The van der Waals surface area contributed by atoms with Crippen molar-refractivity contribution in [2.75, 3.05) is 45.3 Å². The van der Waals surface area contributed by atoms with Crippen molar-refractivity contribution in [1.29, 1.82) is 0 Å². The van der Waals surface area contributed by atoms with Crippen molar-refractivity contribution in [1.82, 2.24) is 9.29 Å². The predicted molar refractivity (Wildman–Crippen MR) is 125 cm³/mol. The Bertz CT molecular complexity index is 1270. The first-order chi connectivity index (χ1) is 15.8. The van der Waals surface area contributed by atoms with Crippen LogP contribution in [0.15, 0.2) is 35.2 Å². The molecule has 1 aliphatic rings. The Labute approximate surface area is 196 Å². The minimum absolute atomic E-state index is 0.0196. The van der Waals surface area contributed by atoms with Crippen molar-refractivity contribution < 1.29 is 27.4 Å². The summed E-state index contributed by atoms with van der Waals surface area (Å²) in [6, 6.07) is 8.08. The first-order valence-corrected chi connectivity index (χ1v) is 12.7.